The monoisotopic (exact) mass is 221 g/mol. The standard InChI is InChI=1S/C13H19NO2/c1-4-10(9-14-2)13(15)11-5-7-12(16-3)8-6-11/h5-8,10,14H,4,9H2,1-3H3. The number of ether oxygens (including phenoxy) is 1. The van der Waals surface area contributed by atoms with Crippen LogP contribution >= 0.6 is 0 Å². The summed E-state index contributed by atoms with van der Waals surface area (Å²) in [7, 11) is 3.48. The van der Waals surface area contributed by atoms with Crippen molar-refractivity contribution in [2.75, 3.05) is 20.7 Å². The van der Waals surface area contributed by atoms with Gasteiger partial charge in [0.05, 0.1) is 7.11 Å². The fraction of sp³-hybridized carbons (Fsp3) is 0.462. The maximum Gasteiger partial charge on any atom is 0.167 e. The minimum absolute atomic E-state index is 0.0541. The molecule has 1 rings (SSSR count). The van der Waals surface area contributed by atoms with Crippen molar-refractivity contribution < 1.29 is 9.53 Å². The number of carbonyl (C=O) groups is 1. The van der Waals surface area contributed by atoms with Gasteiger partial charge in [0, 0.05) is 18.0 Å². The Morgan fingerprint density at radius 3 is 2.44 bits per heavy atom. The SMILES string of the molecule is CCC(CNC)C(=O)c1ccc(OC)cc1. The van der Waals surface area contributed by atoms with Crippen molar-refractivity contribution in [1.29, 1.82) is 0 Å². The van der Waals surface area contributed by atoms with Gasteiger partial charge in [0.25, 0.3) is 0 Å². The molecule has 0 heterocycles. The van der Waals surface area contributed by atoms with E-state index >= 15 is 0 Å². The Labute approximate surface area is 96.8 Å². The predicted octanol–water partition coefficient (Wildman–Crippen LogP) is 2.12. The third-order valence-electron chi connectivity index (χ3n) is 2.69. The molecular formula is C13H19NO2. The Morgan fingerprint density at radius 2 is 2.00 bits per heavy atom. The summed E-state index contributed by atoms with van der Waals surface area (Å²) in [5, 5.41) is 3.05. The van der Waals surface area contributed by atoms with Crippen LogP contribution in [0, 0.1) is 5.92 Å². The quantitative estimate of drug-likeness (QED) is 0.748. The van der Waals surface area contributed by atoms with Crippen LogP contribution in [0.1, 0.15) is 23.7 Å². The van der Waals surface area contributed by atoms with Crippen molar-refractivity contribution in [2.45, 2.75) is 13.3 Å². The van der Waals surface area contributed by atoms with Gasteiger partial charge in [-0.2, -0.15) is 0 Å². The van der Waals surface area contributed by atoms with Gasteiger partial charge >= 0.3 is 0 Å². The van der Waals surface area contributed by atoms with Gasteiger partial charge < -0.3 is 10.1 Å². The highest BCUT2D eigenvalue weighted by atomic mass is 16.5. The molecule has 1 aromatic rings. The van der Waals surface area contributed by atoms with E-state index < -0.39 is 0 Å². The molecule has 1 atom stereocenters. The van der Waals surface area contributed by atoms with E-state index in [1.165, 1.54) is 0 Å². The molecule has 1 aromatic carbocycles. The van der Waals surface area contributed by atoms with Gasteiger partial charge in [-0.25, -0.2) is 0 Å². The van der Waals surface area contributed by atoms with Gasteiger partial charge in [0.1, 0.15) is 5.75 Å². The molecule has 1 unspecified atom stereocenters. The second kappa shape index (κ2) is 6.28. The summed E-state index contributed by atoms with van der Waals surface area (Å²) < 4.78 is 5.06. The molecule has 3 nitrogen and oxygen atoms in total. The van der Waals surface area contributed by atoms with E-state index in [-0.39, 0.29) is 11.7 Å². The molecule has 1 N–H and O–H groups in total. The number of Topliss-reactive ketones (excluding diaryl/α,β-unsaturated/α-hetero) is 1. The van der Waals surface area contributed by atoms with Crippen molar-refractivity contribution >= 4 is 5.78 Å². The number of benzene rings is 1. The molecule has 0 aromatic heterocycles. The highest BCUT2D eigenvalue weighted by molar-refractivity contribution is 5.98. The highest BCUT2D eigenvalue weighted by Gasteiger charge is 2.17. The van der Waals surface area contributed by atoms with Gasteiger partial charge in [-0.3, -0.25) is 4.79 Å². The normalized spacial score (nSPS) is 12.2. The third kappa shape index (κ3) is 3.07. The molecular weight excluding hydrogens is 202 g/mol. The molecule has 0 aliphatic rings. The first-order valence-corrected chi connectivity index (χ1v) is 5.55. The topological polar surface area (TPSA) is 38.3 Å². The van der Waals surface area contributed by atoms with E-state index in [9.17, 15) is 4.79 Å². The number of methoxy groups -OCH3 is 1. The fourth-order valence-electron chi connectivity index (χ4n) is 1.66. The molecule has 3 heteroatoms. The van der Waals surface area contributed by atoms with Crippen LogP contribution in [0.15, 0.2) is 24.3 Å². The van der Waals surface area contributed by atoms with Crippen LogP contribution in [0.25, 0.3) is 0 Å². The van der Waals surface area contributed by atoms with E-state index in [0.29, 0.717) is 0 Å². The van der Waals surface area contributed by atoms with Gasteiger partial charge in [-0.15, -0.1) is 0 Å². The minimum atomic E-state index is 0.0541. The van der Waals surface area contributed by atoms with Crippen LogP contribution in [-0.2, 0) is 0 Å². The molecule has 0 amide bonds. The number of hydrogen-bond acceptors (Lipinski definition) is 3. The summed E-state index contributed by atoms with van der Waals surface area (Å²) in [6.45, 7) is 2.75. The fourth-order valence-corrected chi connectivity index (χ4v) is 1.66. The first kappa shape index (κ1) is 12.7. The lowest BCUT2D eigenvalue weighted by Gasteiger charge is -2.13. The maximum atomic E-state index is 12.1. The van der Waals surface area contributed by atoms with E-state index in [1.54, 1.807) is 7.11 Å². The summed E-state index contributed by atoms with van der Waals surface area (Å²) in [5.74, 6) is 1.02. The summed E-state index contributed by atoms with van der Waals surface area (Å²) >= 11 is 0. The van der Waals surface area contributed by atoms with E-state index in [4.69, 9.17) is 4.74 Å². The van der Waals surface area contributed by atoms with E-state index in [2.05, 4.69) is 5.32 Å². The Hall–Kier alpha value is -1.35. The zero-order valence-electron chi connectivity index (χ0n) is 10.1. The molecule has 0 saturated carbocycles. The van der Waals surface area contributed by atoms with E-state index in [0.717, 1.165) is 24.3 Å². The van der Waals surface area contributed by atoms with Crippen LogP contribution in [0.5, 0.6) is 5.75 Å². The maximum absolute atomic E-state index is 12.1. The van der Waals surface area contributed by atoms with Crippen molar-refractivity contribution in [3.8, 4) is 5.75 Å². The number of hydrogen-bond donors (Lipinski definition) is 1. The Bertz CT molecular complexity index is 332. The van der Waals surface area contributed by atoms with Crippen LogP contribution in [-0.4, -0.2) is 26.5 Å². The van der Waals surface area contributed by atoms with Crippen LogP contribution in [0.2, 0.25) is 0 Å². The van der Waals surface area contributed by atoms with Crippen molar-refractivity contribution in [3.05, 3.63) is 29.8 Å². The van der Waals surface area contributed by atoms with E-state index in [1.807, 2.05) is 38.2 Å². The largest absolute Gasteiger partial charge is 0.497 e. The lowest BCUT2D eigenvalue weighted by atomic mass is 9.95. The van der Waals surface area contributed by atoms with Crippen LogP contribution < -0.4 is 10.1 Å². The highest BCUT2D eigenvalue weighted by Crippen LogP contribution is 2.16. The zero-order chi connectivity index (χ0) is 12.0. The number of ketones is 1. The number of nitrogens with one attached hydrogen (secondary N) is 1. The van der Waals surface area contributed by atoms with Crippen molar-refractivity contribution in [1.82, 2.24) is 5.32 Å². The number of rotatable bonds is 6. The zero-order valence-corrected chi connectivity index (χ0v) is 10.1. The molecule has 16 heavy (non-hydrogen) atoms. The molecule has 88 valence electrons. The van der Waals surface area contributed by atoms with Gasteiger partial charge in [-0.05, 0) is 37.7 Å². The molecule has 0 bridgehead atoms. The average molecular weight is 221 g/mol. The van der Waals surface area contributed by atoms with Crippen molar-refractivity contribution in [2.24, 2.45) is 5.92 Å². The summed E-state index contributed by atoms with van der Waals surface area (Å²) in [6.07, 6.45) is 0.853. The summed E-state index contributed by atoms with van der Waals surface area (Å²) in [4.78, 5) is 12.1. The first-order valence-electron chi connectivity index (χ1n) is 5.55. The van der Waals surface area contributed by atoms with Gasteiger partial charge in [-0.1, -0.05) is 6.92 Å². The minimum Gasteiger partial charge on any atom is -0.497 e. The second-order valence-electron chi connectivity index (χ2n) is 3.76. The smallest absolute Gasteiger partial charge is 0.167 e. The Kier molecular flexibility index (Phi) is 4.99. The number of carbonyl (C=O) groups excluding carboxylic acids is 1. The van der Waals surface area contributed by atoms with Gasteiger partial charge in [0.15, 0.2) is 5.78 Å². The molecule has 0 saturated heterocycles. The Morgan fingerprint density at radius 1 is 1.38 bits per heavy atom. The molecule has 0 fully saturated rings. The lowest BCUT2D eigenvalue weighted by molar-refractivity contribution is 0.0916. The van der Waals surface area contributed by atoms with Gasteiger partial charge in [0.2, 0.25) is 0 Å². The lowest BCUT2D eigenvalue weighted by Crippen LogP contribution is -2.25. The molecule has 0 aliphatic carbocycles. The summed E-state index contributed by atoms with van der Waals surface area (Å²) in [6, 6.07) is 7.28. The van der Waals surface area contributed by atoms with Crippen LogP contribution in [0.3, 0.4) is 0 Å². The Balaban J connectivity index is 2.78. The predicted molar refractivity (Wildman–Crippen MR) is 65.0 cm³/mol. The second-order valence-corrected chi connectivity index (χ2v) is 3.76. The van der Waals surface area contributed by atoms with Crippen molar-refractivity contribution in [3.63, 3.8) is 0 Å². The third-order valence-corrected chi connectivity index (χ3v) is 2.69. The molecule has 0 spiro atoms. The summed E-state index contributed by atoms with van der Waals surface area (Å²) in [5.41, 5.74) is 0.753. The first-order chi connectivity index (χ1) is 7.72. The molecule has 0 aliphatic heterocycles. The average Bonchev–Trinajstić information content (AvgIpc) is 2.35. The van der Waals surface area contributed by atoms with Crippen LogP contribution in [0.4, 0.5) is 0 Å². The molecule has 0 radical (unpaired) electrons.